The van der Waals surface area contributed by atoms with Crippen molar-refractivity contribution < 1.29 is 14.3 Å². The first-order chi connectivity index (χ1) is 10.8. The highest BCUT2D eigenvalue weighted by Gasteiger charge is 2.14. The number of hydrogen-bond donors (Lipinski definition) is 3. The van der Waals surface area contributed by atoms with Crippen molar-refractivity contribution in [2.24, 2.45) is 5.73 Å². The van der Waals surface area contributed by atoms with Crippen molar-refractivity contribution in [2.75, 3.05) is 13.1 Å². The molecule has 1 aromatic rings. The van der Waals surface area contributed by atoms with Gasteiger partial charge in [-0.3, -0.25) is 4.79 Å². The largest absolute Gasteiger partial charge is 0.444 e. The van der Waals surface area contributed by atoms with Gasteiger partial charge in [0, 0.05) is 25.2 Å². The van der Waals surface area contributed by atoms with Gasteiger partial charge in [-0.05, 0) is 38.5 Å². The first-order valence-electron chi connectivity index (χ1n) is 7.49. The van der Waals surface area contributed by atoms with E-state index in [1.165, 1.54) is 0 Å². The normalized spacial score (nSPS) is 11.4. The van der Waals surface area contributed by atoms with Gasteiger partial charge in [0.25, 0.3) is 0 Å². The zero-order valence-corrected chi connectivity index (χ0v) is 13.9. The molecule has 0 aliphatic rings. The Kier molecular flexibility index (Phi) is 7.28. The van der Waals surface area contributed by atoms with E-state index in [1.807, 2.05) is 45.1 Å². The van der Waals surface area contributed by atoms with E-state index in [0.717, 1.165) is 5.56 Å². The number of nitrogens with one attached hydrogen (secondary N) is 2. The summed E-state index contributed by atoms with van der Waals surface area (Å²) in [5.41, 5.74) is 6.26. The Morgan fingerprint density at radius 3 is 2.30 bits per heavy atom. The van der Waals surface area contributed by atoms with Crippen LogP contribution in [0, 0.1) is 0 Å². The Morgan fingerprint density at radius 1 is 1.13 bits per heavy atom. The summed E-state index contributed by atoms with van der Waals surface area (Å²) < 4.78 is 5.12. The summed E-state index contributed by atoms with van der Waals surface area (Å²) in [5, 5.41) is 5.87. The van der Waals surface area contributed by atoms with Crippen LogP contribution in [0.3, 0.4) is 0 Å². The molecular formula is C17H25N3O3. The van der Waals surface area contributed by atoms with Crippen molar-refractivity contribution in [2.45, 2.75) is 32.9 Å². The van der Waals surface area contributed by atoms with Crippen molar-refractivity contribution in [3.63, 3.8) is 0 Å². The molecule has 0 aromatic heterocycles. The van der Waals surface area contributed by atoms with Crippen molar-refractivity contribution in [1.29, 1.82) is 0 Å². The Morgan fingerprint density at radius 2 is 1.74 bits per heavy atom. The van der Waals surface area contributed by atoms with Crippen LogP contribution in [0.4, 0.5) is 4.79 Å². The molecule has 0 saturated carbocycles. The van der Waals surface area contributed by atoms with Gasteiger partial charge in [-0.1, -0.05) is 24.3 Å². The van der Waals surface area contributed by atoms with E-state index in [0.29, 0.717) is 25.2 Å². The van der Waals surface area contributed by atoms with Gasteiger partial charge in [0.2, 0.25) is 5.91 Å². The highest BCUT2D eigenvalue weighted by atomic mass is 16.6. The molecule has 2 amide bonds. The summed E-state index contributed by atoms with van der Waals surface area (Å²) in [6.45, 7) is 7.24. The molecule has 1 rings (SSSR count). The van der Waals surface area contributed by atoms with Gasteiger partial charge in [-0.2, -0.15) is 0 Å². The second kappa shape index (κ2) is 8.95. The minimum atomic E-state index is -0.487. The van der Waals surface area contributed by atoms with E-state index in [-0.39, 0.29) is 0 Å². The van der Waals surface area contributed by atoms with Crippen molar-refractivity contribution >= 4 is 12.0 Å². The topological polar surface area (TPSA) is 93.4 Å². The van der Waals surface area contributed by atoms with Gasteiger partial charge in [0.05, 0.1) is 0 Å². The highest BCUT2D eigenvalue weighted by Crippen LogP contribution is 2.06. The SMILES string of the molecule is CC(C)(C)OC(=O)NC/C=C/CNCc1ccc(C(N)=O)cc1. The molecule has 0 saturated heterocycles. The van der Waals surface area contributed by atoms with Gasteiger partial charge in [0.1, 0.15) is 5.60 Å². The predicted octanol–water partition coefficient (Wildman–Crippen LogP) is 1.96. The van der Waals surface area contributed by atoms with E-state index in [9.17, 15) is 9.59 Å². The maximum Gasteiger partial charge on any atom is 0.407 e. The Labute approximate surface area is 137 Å². The number of alkyl carbamates (subject to hydrolysis) is 1. The van der Waals surface area contributed by atoms with Crippen molar-refractivity contribution in [3.05, 3.63) is 47.5 Å². The maximum atomic E-state index is 11.4. The average Bonchev–Trinajstić information content (AvgIpc) is 2.45. The second-order valence-corrected chi connectivity index (χ2v) is 6.05. The monoisotopic (exact) mass is 319 g/mol. The van der Waals surface area contributed by atoms with Crippen LogP contribution >= 0.6 is 0 Å². The minimum absolute atomic E-state index is 0.421. The van der Waals surface area contributed by atoms with Gasteiger partial charge in [0.15, 0.2) is 0 Å². The minimum Gasteiger partial charge on any atom is -0.444 e. The summed E-state index contributed by atoms with van der Waals surface area (Å²) in [6.07, 6.45) is 3.35. The first kappa shape index (κ1) is 18.7. The molecule has 0 unspecified atom stereocenters. The molecule has 0 heterocycles. The summed E-state index contributed by atoms with van der Waals surface area (Å²) in [6, 6.07) is 7.14. The molecule has 0 atom stereocenters. The maximum absolute atomic E-state index is 11.4. The van der Waals surface area contributed by atoms with Crippen LogP contribution < -0.4 is 16.4 Å². The molecule has 0 spiro atoms. The lowest BCUT2D eigenvalue weighted by Crippen LogP contribution is -2.32. The molecule has 6 heteroatoms. The van der Waals surface area contributed by atoms with Crippen LogP contribution in [0.1, 0.15) is 36.7 Å². The van der Waals surface area contributed by atoms with E-state index in [1.54, 1.807) is 12.1 Å². The standard InChI is InChI=1S/C17H25N3O3/c1-17(2,3)23-16(22)20-11-5-4-10-19-12-13-6-8-14(9-7-13)15(18)21/h4-9,19H,10-12H2,1-3H3,(H2,18,21)(H,20,22)/b5-4+. The van der Waals surface area contributed by atoms with E-state index in [2.05, 4.69) is 10.6 Å². The van der Waals surface area contributed by atoms with Crippen LogP contribution in [0.5, 0.6) is 0 Å². The molecule has 23 heavy (non-hydrogen) atoms. The summed E-state index contributed by atoms with van der Waals surface area (Å²) in [5.74, 6) is -0.426. The third kappa shape index (κ3) is 8.63. The van der Waals surface area contributed by atoms with Crippen LogP contribution in [0.15, 0.2) is 36.4 Å². The van der Waals surface area contributed by atoms with Crippen LogP contribution in [0.2, 0.25) is 0 Å². The summed E-state index contributed by atoms with van der Waals surface area (Å²) in [7, 11) is 0. The van der Waals surface area contributed by atoms with Gasteiger partial charge >= 0.3 is 6.09 Å². The number of nitrogens with two attached hydrogens (primary N) is 1. The first-order valence-corrected chi connectivity index (χ1v) is 7.49. The fraction of sp³-hybridized carbons (Fsp3) is 0.412. The lowest BCUT2D eigenvalue weighted by Gasteiger charge is -2.19. The lowest BCUT2D eigenvalue weighted by atomic mass is 10.1. The smallest absolute Gasteiger partial charge is 0.407 e. The Bertz CT molecular complexity index is 545. The highest BCUT2D eigenvalue weighted by molar-refractivity contribution is 5.92. The number of benzene rings is 1. The molecule has 0 radical (unpaired) electrons. The van der Waals surface area contributed by atoms with E-state index < -0.39 is 17.6 Å². The number of carbonyl (C=O) groups is 2. The zero-order valence-electron chi connectivity index (χ0n) is 13.9. The quantitative estimate of drug-likeness (QED) is 0.529. The number of hydrogen-bond acceptors (Lipinski definition) is 4. The number of amides is 2. The molecule has 6 nitrogen and oxygen atoms in total. The van der Waals surface area contributed by atoms with Crippen LogP contribution in [-0.2, 0) is 11.3 Å². The Hall–Kier alpha value is -2.34. The van der Waals surface area contributed by atoms with Crippen molar-refractivity contribution in [1.82, 2.24) is 10.6 Å². The predicted molar refractivity (Wildman–Crippen MR) is 90.0 cm³/mol. The van der Waals surface area contributed by atoms with Crippen LogP contribution in [0.25, 0.3) is 0 Å². The van der Waals surface area contributed by atoms with E-state index >= 15 is 0 Å². The number of ether oxygens (including phenoxy) is 1. The lowest BCUT2D eigenvalue weighted by molar-refractivity contribution is 0.0534. The molecule has 4 N–H and O–H groups in total. The number of carbonyl (C=O) groups excluding carboxylic acids is 2. The summed E-state index contributed by atoms with van der Waals surface area (Å²) >= 11 is 0. The zero-order chi connectivity index (χ0) is 17.3. The molecule has 0 aliphatic heterocycles. The third-order valence-electron chi connectivity index (χ3n) is 2.76. The number of rotatable bonds is 7. The van der Waals surface area contributed by atoms with Crippen molar-refractivity contribution in [3.8, 4) is 0 Å². The van der Waals surface area contributed by atoms with Gasteiger partial charge in [-0.25, -0.2) is 4.79 Å². The molecule has 1 aromatic carbocycles. The van der Waals surface area contributed by atoms with E-state index in [4.69, 9.17) is 10.5 Å². The Balaban J connectivity index is 2.17. The van der Waals surface area contributed by atoms with Gasteiger partial charge < -0.3 is 21.1 Å². The van der Waals surface area contributed by atoms with Gasteiger partial charge in [-0.15, -0.1) is 0 Å². The second-order valence-electron chi connectivity index (χ2n) is 6.05. The molecule has 0 bridgehead atoms. The fourth-order valence-corrected chi connectivity index (χ4v) is 1.71. The third-order valence-corrected chi connectivity index (χ3v) is 2.76. The van der Waals surface area contributed by atoms with Crippen LogP contribution in [-0.4, -0.2) is 30.7 Å². The fourth-order valence-electron chi connectivity index (χ4n) is 1.71. The molecule has 0 fully saturated rings. The molecular weight excluding hydrogens is 294 g/mol. The summed E-state index contributed by atoms with van der Waals surface area (Å²) in [4.78, 5) is 22.3. The molecule has 126 valence electrons. The molecule has 0 aliphatic carbocycles. The number of primary amides is 1. The average molecular weight is 319 g/mol.